The van der Waals surface area contributed by atoms with Crippen LogP contribution in [0.2, 0.25) is 4.34 Å². The molecule has 1 heterocycles. The fourth-order valence-electron chi connectivity index (χ4n) is 6.00. The summed E-state index contributed by atoms with van der Waals surface area (Å²) in [6, 6.07) is 1.47. The molecule has 1 unspecified atom stereocenters. The van der Waals surface area contributed by atoms with Gasteiger partial charge in [-0.2, -0.15) is 0 Å². The maximum atomic E-state index is 12.9. The summed E-state index contributed by atoms with van der Waals surface area (Å²) in [5.74, 6) is 1.84. The average Bonchev–Trinajstić information content (AvgIpc) is 2.94. The van der Waals surface area contributed by atoms with Crippen LogP contribution in [0.15, 0.2) is 6.07 Å². The van der Waals surface area contributed by atoms with Crippen LogP contribution in [0, 0.1) is 17.8 Å². The molecule has 4 aliphatic carbocycles. The molecule has 1 aromatic heterocycles. The Morgan fingerprint density at radius 1 is 1.26 bits per heavy atom. The SMILES string of the molecule is CCCC(NC(=O)NC12CC3CC(CC(C3)C1)C2)c1cc(C(N)=O)c(Cl)s1. The van der Waals surface area contributed by atoms with Crippen LogP contribution < -0.4 is 16.4 Å². The third-order valence-electron chi connectivity index (χ3n) is 6.61. The molecule has 1 aromatic rings. The fraction of sp³-hybridized carbons (Fsp3) is 0.700. The molecule has 4 saturated carbocycles. The Morgan fingerprint density at radius 3 is 2.33 bits per heavy atom. The van der Waals surface area contributed by atoms with Gasteiger partial charge in [0.2, 0.25) is 0 Å². The predicted octanol–water partition coefficient (Wildman–Crippen LogP) is 4.61. The van der Waals surface area contributed by atoms with E-state index in [4.69, 9.17) is 17.3 Å². The van der Waals surface area contributed by atoms with Crippen LogP contribution in [0.4, 0.5) is 4.79 Å². The van der Waals surface area contributed by atoms with Crippen molar-refractivity contribution in [2.24, 2.45) is 23.5 Å². The van der Waals surface area contributed by atoms with Gasteiger partial charge >= 0.3 is 6.03 Å². The first-order valence-electron chi connectivity index (χ1n) is 10.0. The maximum absolute atomic E-state index is 12.9. The molecular formula is C20H28ClN3O2S. The molecule has 148 valence electrons. The van der Waals surface area contributed by atoms with Gasteiger partial charge in [-0.15, -0.1) is 11.3 Å². The van der Waals surface area contributed by atoms with Crippen molar-refractivity contribution in [3.05, 3.63) is 20.8 Å². The van der Waals surface area contributed by atoms with Crippen LogP contribution in [0.25, 0.3) is 0 Å². The summed E-state index contributed by atoms with van der Waals surface area (Å²) in [7, 11) is 0. The Bertz CT molecular complexity index is 712. The topological polar surface area (TPSA) is 84.2 Å². The minimum atomic E-state index is -0.532. The summed E-state index contributed by atoms with van der Waals surface area (Å²) in [4.78, 5) is 25.3. The van der Waals surface area contributed by atoms with E-state index < -0.39 is 5.91 Å². The van der Waals surface area contributed by atoms with Crippen molar-refractivity contribution in [2.75, 3.05) is 0 Å². The Hall–Kier alpha value is -1.27. The second-order valence-electron chi connectivity index (χ2n) is 8.84. The molecule has 4 bridgehead atoms. The van der Waals surface area contributed by atoms with Crippen molar-refractivity contribution in [1.82, 2.24) is 10.6 Å². The fourth-order valence-corrected chi connectivity index (χ4v) is 7.39. The zero-order valence-corrected chi connectivity index (χ0v) is 17.3. The number of rotatable bonds is 6. The van der Waals surface area contributed by atoms with E-state index in [9.17, 15) is 9.59 Å². The van der Waals surface area contributed by atoms with Gasteiger partial charge in [0.15, 0.2) is 0 Å². The molecule has 0 spiro atoms. The van der Waals surface area contributed by atoms with Crippen molar-refractivity contribution in [3.8, 4) is 0 Å². The van der Waals surface area contributed by atoms with Gasteiger partial charge in [0.05, 0.1) is 11.6 Å². The third kappa shape index (κ3) is 3.83. The van der Waals surface area contributed by atoms with Gasteiger partial charge in [-0.1, -0.05) is 24.9 Å². The normalized spacial score (nSPS) is 32.3. The molecule has 7 heteroatoms. The van der Waals surface area contributed by atoms with Crippen molar-refractivity contribution < 1.29 is 9.59 Å². The zero-order chi connectivity index (χ0) is 19.2. The van der Waals surface area contributed by atoms with Crippen molar-refractivity contribution in [1.29, 1.82) is 0 Å². The number of halogens is 1. The summed E-state index contributed by atoms with van der Waals surface area (Å²) in [6.45, 7) is 2.08. The molecule has 4 aliphatic rings. The Labute approximate surface area is 169 Å². The quantitative estimate of drug-likeness (QED) is 0.640. The first kappa shape index (κ1) is 19.1. The molecular weight excluding hydrogens is 382 g/mol. The van der Waals surface area contributed by atoms with Crippen molar-refractivity contribution in [3.63, 3.8) is 0 Å². The van der Waals surface area contributed by atoms with Crippen LogP contribution in [-0.4, -0.2) is 17.5 Å². The molecule has 4 fully saturated rings. The number of carbonyl (C=O) groups excluding carboxylic acids is 2. The van der Waals surface area contributed by atoms with Gasteiger partial charge in [-0.3, -0.25) is 4.79 Å². The lowest BCUT2D eigenvalue weighted by Gasteiger charge is -2.56. The minimum Gasteiger partial charge on any atom is -0.366 e. The summed E-state index contributed by atoms with van der Waals surface area (Å²) >= 11 is 7.48. The molecule has 5 rings (SSSR count). The van der Waals surface area contributed by atoms with Gasteiger partial charge in [-0.05, 0) is 68.8 Å². The first-order valence-corrected chi connectivity index (χ1v) is 11.2. The van der Waals surface area contributed by atoms with Crippen molar-refractivity contribution in [2.45, 2.75) is 69.9 Å². The van der Waals surface area contributed by atoms with Crippen LogP contribution in [-0.2, 0) is 0 Å². The van der Waals surface area contributed by atoms with E-state index in [1.54, 1.807) is 6.07 Å². The molecule has 0 radical (unpaired) electrons. The maximum Gasteiger partial charge on any atom is 0.315 e. The van der Waals surface area contributed by atoms with Crippen LogP contribution in [0.3, 0.4) is 0 Å². The summed E-state index contributed by atoms with van der Waals surface area (Å²) in [6.07, 6.45) is 9.15. The second kappa shape index (κ2) is 7.28. The van der Waals surface area contributed by atoms with Gasteiger partial charge in [-0.25, -0.2) is 4.79 Å². The molecule has 1 atom stereocenters. The Kier molecular flexibility index (Phi) is 5.14. The smallest absolute Gasteiger partial charge is 0.315 e. The van der Waals surface area contributed by atoms with Crippen LogP contribution >= 0.6 is 22.9 Å². The van der Waals surface area contributed by atoms with E-state index in [1.807, 2.05) is 0 Å². The summed E-state index contributed by atoms with van der Waals surface area (Å²) in [5, 5.41) is 6.50. The number of nitrogens with two attached hydrogens (primary N) is 1. The number of primary amides is 1. The lowest BCUT2D eigenvalue weighted by molar-refractivity contribution is -0.0136. The number of hydrogen-bond donors (Lipinski definition) is 3. The number of hydrogen-bond acceptors (Lipinski definition) is 3. The van der Waals surface area contributed by atoms with Crippen LogP contribution in [0.5, 0.6) is 0 Å². The monoisotopic (exact) mass is 409 g/mol. The number of amides is 3. The number of urea groups is 1. The highest BCUT2D eigenvalue weighted by Gasteiger charge is 2.51. The standard InChI is InChI=1S/C20H28ClN3O2S/c1-2-3-15(16-7-14(18(22)25)17(21)27-16)23-19(26)24-20-8-11-4-12(9-20)6-13(5-11)10-20/h7,11-13,15H,2-6,8-10H2,1H3,(H2,22,25)(H2,23,24,26). The van der Waals surface area contributed by atoms with E-state index in [2.05, 4.69) is 17.6 Å². The first-order chi connectivity index (χ1) is 12.9. The van der Waals surface area contributed by atoms with E-state index >= 15 is 0 Å². The molecule has 0 aliphatic heterocycles. The van der Waals surface area contributed by atoms with E-state index in [-0.39, 0.29) is 17.6 Å². The van der Waals surface area contributed by atoms with Gasteiger partial charge in [0, 0.05) is 10.4 Å². The molecule has 0 aromatic carbocycles. The Balaban J connectivity index is 1.45. The molecule has 5 nitrogen and oxygen atoms in total. The summed E-state index contributed by atoms with van der Waals surface area (Å²) < 4.78 is 0.391. The zero-order valence-electron chi connectivity index (χ0n) is 15.7. The van der Waals surface area contributed by atoms with Gasteiger partial charge in [0.1, 0.15) is 4.34 Å². The molecule has 0 saturated heterocycles. The van der Waals surface area contributed by atoms with Crippen molar-refractivity contribution >= 4 is 34.9 Å². The lowest BCUT2D eigenvalue weighted by Crippen LogP contribution is -2.61. The summed E-state index contributed by atoms with van der Waals surface area (Å²) in [5.41, 5.74) is 5.70. The second-order valence-corrected chi connectivity index (χ2v) is 10.5. The molecule has 27 heavy (non-hydrogen) atoms. The highest BCUT2D eigenvalue weighted by Crippen LogP contribution is 2.55. The van der Waals surface area contributed by atoms with E-state index in [1.165, 1.54) is 30.6 Å². The third-order valence-corrected chi connectivity index (χ3v) is 8.09. The molecule has 4 N–H and O–H groups in total. The average molecular weight is 410 g/mol. The highest BCUT2D eigenvalue weighted by atomic mass is 35.5. The number of carbonyl (C=O) groups is 2. The minimum absolute atomic E-state index is 0.0128. The number of thiophene rings is 1. The van der Waals surface area contributed by atoms with E-state index in [0.717, 1.165) is 54.7 Å². The highest BCUT2D eigenvalue weighted by molar-refractivity contribution is 7.16. The predicted molar refractivity (Wildman–Crippen MR) is 108 cm³/mol. The van der Waals surface area contributed by atoms with Gasteiger partial charge < -0.3 is 16.4 Å². The largest absolute Gasteiger partial charge is 0.366 e. The number of nitrogens with one attached hydrogen (secondary N) is 2. The molecule has 3 amide bonds. The van der Waals surface area contributed by atoms with Gasteiger partial charge in [0.25, 0.3) is 5.91 Å². The Morgan fingerprint density at radius 2 is 1.85 bits per heavy atom. The lowest BCUT2D eigenvalue weighted by atomic mass is 9.53. The van der Waals surface area contributed by atoms with Crippen LogP contribution in [0.1, 0.15) is 79.6 Å². The van der Waals surface area contributed by atoms with E-state index in [0.29, 0.717) is 9.90 Å².